The van der Waals surface area contributed by atoms with Gasteiger partial charge in [-0.15, -0.1) is 0 Å². The van der Waals surface area contributed by atoms with E-state index in [1.807, 2.05) is 48.6 Å². The zero-order valence-electron chi connectivity index (χ0n) is 12.9. The van der Waals surface area contributed by atoms with Crippen molar-refractivity contribution >= 4 is 63.5 Å². The van der Waals surface area contributed by atoms with Crippen LogP contribution in [0.5, 0.6) is 0 Å². The van der Waals surface area contributed by atoms with Gasteiger partial charge in [0, 0.05) is 0 Å². The van der Waals surface area contributed by atoms with Crippen molar-refractivity contribution in [3.63, 3.8) is 0 Å². The number of carbonyl (C=O) groups is 2. The summed E-state index contributed by atoms with van der Waals surface area (Å²) < 4.78 is 6.09. The van der Waals surface area contributed by atoms with Crippen LogP contribution in [-0.2, 0) is 9.59 Å². The molecule has 1 fully saturated rings. The van der Waals surface area contributed by atoms with Crippen LogP contribution in [0.1, 0.15) is 16.9 Å². The second kappa shape index (κ2) is 6.48. The van der Waals surface area contributed by atoms with Crippen LogP contribution in [0.4, 0.5) is 5.69 Å². The standard InChI is InChI=1S/C17H13IN2O3S/c1-9-4-3-5-13(10(9)2)20-16(22)12(15(21)19-17(20)24)8-11-6-7-14(18)23-11/h3-8H,1-2H3,(H,19,21,24)/b12-8+. The largest absolute Gasteiger partial charge is 0.451 e. The summed E-state index contributed by atoms with van der Waals surface area (Å²) in [6.07, 6.45) is 1.43. The fourth-order valence-corrected chi connectivity index (χ4v) is 3.11. The second-order valence-corrected chi connectivity index (χ2v) is 6.77. The summed E-state index contributed by atoms with van der Waals surface area (Å²) >= 11 is 7.23. The van der Waals surface area contributed by atoms with Crippen molar-refractivity contribution in [1.82, 2.24) is 5.32 Å². The highest BCUT2D eigenvalue weighted by Gasteiger charge is 2.35. The fraction of sp³-hybridized carbons (Fsp3) is 0.118. The molecule has 3 rings (SSSR count). The van der Waals surface area contributed by atoms with E-state index in [-0.39, 0.29) is 10.7 Å². The topological polar surface area (TPSA) is 62.6 Å². The Morgan fingerprint density at radius 2 is 1.96 bits per heavy atom. The molecular formula is C17H13IN2O3S. The van der Waals surface area contributed by atoms with E-state index in [9.17, 15) is 9.59 Å². The number of furan rings is 1. The van der Waals surface area contributed by atoms with Gasteiger partial charge in [-0.2, -0.15) is 0 Å². The number of halogens is 1. The summed E-state index contributed by atoms with van der Waals surface area (Å²) in [6, 6.07) is 9.06. The van der Waals surface area contributed by atoms with Crippen molar-refractivity contribution in [2.75, 3.05) is 4.90 Å². The molecule has 1 N–H and O–H groups in total. The summed E-state index contributed by atoms with van der Waals surface area (Å²) in [5.41, 5.74) is 2.60. The molecular weight excluding hydrogens is 439 g/mol. The summed E-state index contributed by atoms with van der Waals surface area (Å²) in [6.45, 7) is 3.87. The molecule has 5 nitrogen and oxygen atoms in total. The van der Waals surface area contributed by atoms with E-state index in [0.29, 0.717) is 15.2 Å². The molecule has 1 aliphatic rings. The van der Waals surface area contributed by atoms with Crippen LogP contribution in [0.3, 0.4) is 0 Å². The molecule has 0 unspecified atom stereocenters. The first-order valence-electron chi connectivity index (χ1n) is 7.11. The van der Waals surface area contributed by atoms with Gasteiger partial charge in [0.1, 0.15) is 11.3 Å². The maximum atomic E-state index is 12.9. The average molecular weight is 452 g/mol. The Bertz CT molecular complexity index is 901. The maximum Gasteiger partial charge on any atom is 0.270 e. The van der Waals surface area contributed by atoms with Gasteiger partial charge >= 0.3 is 0 Å². The molecule has 1 aromatic carbocycles. The maximum absolute atomic E-state index is 12.9. The lowest BCUT2D eigenvalue weighted by Crippen LogP contribution is -2.54. The van der Waals surface area contributed by atoms with Crippen LogP contribution in [0, 0.1) is 17.6 Å². The van der Waals surface area contributed by atoms with Gasteiger partial charge in [0.25, 0.3) is 11.8 Å². The first-order chi connectivity index (χ1) is 11.4. The summed E-state index contributed by atoms with van der Waals surface area (Å²) in [5.74, 6) is -0.562. The number of nitrogens with zero attached hydrogens (tertiary/aromatic N) is 1. The van der Waals surface area contributed by atoms with Gasteiger partial charge in [-0.3, -0.25) is 19.8 Å². The summed E-state index contributed by atoms with van der Waals surface area (Å²) in [4.78, 5) is 26.4. The smallest absolute Gasteiger partial charge is 0.270 e. The molecule has 1 aliphatic heterocycles. The highest BCUT2D eigenvalue weighted by atomic mass is 127. The summed E-state index contributed by atoms with van der Waals surface area (Å²) in [5, 5.41) is 2.64. The first-order valence-corrected chi connectivity index (χ1v) is 8.60. The number of hydrogen-bond acceptors (Lipinski definition) is 4. The minimum absolute atomic E-state index is 0.0183. The van der Waals surface area contributed by atoms with E-state index < -0.39 is 11.8 Å². The SMILES string of the molecule is Cc1cccc(N2C(=O)/C(=C/c3ccc(I)o3)C(=O)NC2=S)c1C. The number of hydrogen-bond donors (Lipinski definition) is 1. The van der Waals surface area contributed by atoms with Crippen molar-refractivity contribution in [2.45, 2.75) is 13.8 Å². The molecule has 0 atom stereocenters. The summed E-state index contributed by atoms with van der Waals surface area (Å²) in [7, 11) is 0. The molecule has 24 heavy (non-hydrogen) atoms. The van der Waals surface area contributed by atoms with E-state index in [0.717, 1.165) is 11.1 Å². The zero-order chi connectivity index (χ0) is 17.4. The third-order valence-electron chi connectivity index (χ3n) is 3.80. The zero-order valence-corrected chi connectivity index (χ0v) is 15.9. The molecule has 0 bridgehead atoms. The molecule has 2 heterocycles. The van der Waals surface area contributed by atoms with Crippen molar-refractivity contribution in [3.8, 4) is 0 Å². The van der Waals surface area contributed by atoms with Crippen molar-refractivity contribution in [1.29, 1.82) is 0 Å². The molecule has 0 aliphatic carbocycles. The predicted molar refractivity (Wildman–Crippen MR) is 104 cm³/mol. The third-order valence-corrected chi connectivity index (χ3v) is 4.66. The van der Waals surface area contributed by atoms with Gasteiger partial charge in [-0.05, 0) is 84.1 Å². The highest BCUT2D eigenvalue weighted by Crippen LogP contribution is 2.27. The lowest BCUT2D eigenvalue weighted by atomic mass is 10.0. The number of carbonyl (C=O) groups excluding carboxylic acids is 2. The fourth-order valence-electron chi connectivity index (χ4n) is 2.40. The van der Waals surface area contributed by atoms with Crippen LogP contribution >= 0.6 is 34.8 Å². The Morgan fingerprint density at radius 3 is 2.62 bits per heavy atom. The van der Waals surface area contributed by atoms with Gasteiger partial charge in [0.05, 0.1) is 5.69 Å². The normalized spacial score (nSPS) is 16.7. The molecule has 1 aromatic heterocycles. The molecule has 122 valence electrons. The number of anilines is 1. The Morgan fingerprint density at radius 1 is 1.21 bits per heavy atom. The number of rotatable bonds is 2. The Hall–Kier alpha value is -2.00. The van der Waals surface area contributed by atoms with Gasteiger partial charge in [-0.25, -0.2) is 0 Å². The van der Waals surface area contributed by atoms with Gasteiger partial charge in [0.2, 0.25) is 0 Å². The number of nitrogens with one attached hydrogen (secondary N) is 1. The highest BCUT2D eigenvalue weighted by molar-refractivity contribution is 14.1. The van der Waals surface area contributed by atoms with E-state index in [1.54, 1.807) is 18.2 Å². The molecule has 0 spiro atoms. The molecule has 2 aromatic rings. The Kier molecular flexibility index (Phi) is 4.55. The number of aryl methyl sites for hydroxylation is 1. The molecule has 1 saturated heterocycles. The molecule has 2 amide bonds. The minimum Gasteiger partial charge on any atom is -0.451 e. The number of benzene rings is 1. The van der Waals surface area contributed by atoms with Crippen molar-refractivity contribution in [3.05, 3.63) is 56.6 Å². The number of thiocarbonyl (C=S) groups is 1. The Balaban J connectivity index is 2.06. The Labute approximate surface area is 157 Å². The molecule has 7 heteroatoms. The van der Waals surface area contributed by atoms with Crippen LogP contribution in [0.25, 0.3) is 6.08 Å². The van der Waals surface area contributed by atoms with Crippen molar-refractivity contribution < 1.29 is 14.0 Å². The van der Waals surface area contributed by atoms with Crippen LogP contribution < -0.4 is 10.2 Å². The lowest BCUT2D eigenvalue weighted by molar-refractivity contribution is -0.122. The van der Waals surface area contributed by atoms with Gasteiger partial charge in [-0.1, -0.05) is 12.1 Å². The molecule has 0 saturated carbocycles. The monoisotopic (exact) mass is 452 g/mol. The van der Waals surface area contributed by atoms with Crippen LogP contribution in [0.15, 0.2) is 40.3 Å². The van der Waals surface area contributed by atoms with Crippen LogP contribution in [0.2, 0.25) is 0 Å². The minimum atomic E-state index is -0.530. The van der Waals surface area contributed by atoms with Crippen molar-refractivity contribution in [2.24, 2.45) is 0 Å². The van der Waals surface area contributed by atoms with E-state index >= 15 is 0 Å². The predicted octanol–water partition coefficient (Wildman–Crippen LogP) is 3.33. The quantitative estimate of drug-likeness (QED) is 0.329. The lowest BCUT2D eigenvalue weighted by Gasteiger charge is -2.30. The van der Waals surface area contributed by atoms with Gasteiger partial charge < -0.3 is 4.42 Å². The second-order valence-electron chi connectivity index (χ2n) is 5.32. The van der Waals surface area contributed by atoms with E-state index in [1.165, 1.54) is 11.0 Å². The molecule has 0 radical (unpaired) electrons. The average Bonchev–Trinajstić information content (AvgIpc) is 2.93. The van der Waals surface area contributed by atoms with E-state index in [4.69, 9.17) is 16.6 Å². The van der Waals surface area contributed by atoms with Gasteiger partial charge in [0.15, 0.2) is 8.88 Å². The van der Waals surface area contributed by atoms with Crippen LogP contribution in [-0.4, -0.2) is 16.9 Å². The number of amides is 2. The van der Waals surface area contributed by atoms with E-state index in [2.05, 4.69) is 5.32 Å². The first kappa shape index (κ1) is 16.8. The third kappa shape index (κ3) is 3.01.